The molecule has 0 saturated carbocycles. The van der Waals surface area contributed by atoms with Gasteiger partial charge in [0.15, 0.2) is 5.11 Å². The largest absolute Gasteiger partial charge is 0.362 e. The molecule has 2 heterocycles. The molecule has 164 valence electrons. The van der Waals surface area contributed by atoms with Gasteiger partial charge in [-0.3, -0.25) is 9.36 Å². The second-order valence-electron chi connectivity index (χ2n) is 8.10. The van der Waals surface area contributed by atoms with Crippen LogP contribution in [-0.4, -0.2) is 45.7 Å². The lowest BCUT2D eigenvalue weighted by Gasteiger charge is -2.21. The van der Waals surface area contributed by atoms with Crippen LogP contribution in [0.4, 0.5) is 5.69 Å². The number of thiocarbonyl (C=S) groups is 1. The number of aryl methyl sites for hydroxylation is 1. The van der Waals surface area contributed by atoms with Crippen molar-refractivity contribution in [2.24, 2.45) is 0 Å². The van der Waals surface area contributed by atoms with Gasteiger partial charge in [0.2, 0.25) is 0 Å². The molecule has 0 saturated heterocycles. The first-order chi connectivity index (χ1) is 14.6. The Hall–Kier alpha value is -1.99. The van der Waals surface area contributed by atoms with Gasteiger partial charge < -0.3 is 15.5 Å². The Balaban J connectivity index is 1.58. The second kappa shape index (κ2) is 11.4. The van der Waals surface area contributed by atoms with E-state index < -0.39 is 0 Å². The van der Waals surface area contributed by atoms with Crippen LogP contribution >= 0.6 is 12.2 Å². The fourth-order valence-corrected chi connectivity index (χ4v) is 4.36. The molecule has 1 aromatic carbocycles. The minimum atomic E-state index is 0.0615. The quantitative estimate of drug-likeness (QED) is 0.465. The van der Waals surface area contributed by atoms with E-state index in [2.05, 4.69) is 29.4 Å². The van der Waals surface area contributed by atoms with E-state index >= 15 is 0 Å². The summed E-state index contributed by atoms with van der Waals surface area (Å²) in [4.78, 5) is 20.2. The lowest BCUT2D eigenvalue weighted by atomic mass is 10.2. The second-order valence-corrected chi connectivity index (χ2v) is 8.51. The summed E-state index contributed by atoms with van der Waals surface area (Å²) < 4.78 is 1.86. The standard InChI is InChI=1S/C23H35N5OS/c1-3-13-27(14-4-2)15-8-12-24-23(30)25-18-10-11-20-19(17-18)22(29)28-16-7-5-6-9-21(28)26-20/h10-11,17H,3-9,12-16H2,1-2H3,(H2,24,25,30). The fraction of sp³-hybridized carbons (Fsp3) is 0.609. The average molecular weight is 430 g/mol. The predicted octanol–water partition coefficient (Wildman–Crippen LogP) is 3.92. The summed E-state index contributed by atoms with van der Waals surface area (Å²) in [6.45, 7) is 9.44. The number of rotatable bonds is 9. The van der Waals surface area contributed by atoms with E-state index in [1.165, 1.54) is 12.8 Å². The number of benzene rings is 1. The van der Waals surface area contributed by atoms with Gasteiger partial charge in [0, 0.05) is 25.2 Å². The van der Waals surface area contributed by atoms with Gasteiger partial charge in [-0.25, -0.2) is 4.98 Å². The monoisotopic (exact) mass is 429 g/mol. The molecule has 1 aromatic heterocycles. The van der Waals surface area contributed by atoms with Crippen LogP contribution < -0.4 is 16.2 Å². The molecule has 2 N–H and O–H groups in total. The van der Waals surface area contributed by atoms with Crippen molar-refractivity contribution in [1.29, 1.82) is 0 Å². The summed E-state index contributed by atoms with van der Waals surface area (Å²) in [5.41, 5.74) is 1.66. The summed E-state index contributed by atoms with van der Waals surface area (Å²) >= 11 is 5.45. The zero-order chi connectivity index (χ0) is 21.3. The molecular formula is C23H35N5OS. The average Bonchev–Trinajstić information content (AvgIpc) is 2.98. The van der Waals surface area contributed by atoms with Gasteiger partial charge in [-0.05, 0) is 82.2 Å². The van der Waals surface area contributed by atoms with Gasteiger partial charge in [0.05, 0.1) is 10.9 Å². The maximum Gasteiger partial charge on any atom is 0.261 e. The highest BCUT2D eigenvalue weighted by molar-refractivity contribution is 7.80. The molecular weight excluding hydrogens is 394 g/mol. The van der Waals surface area contributed by atoms with Crippen LogP contribution in [0.1, 0.15) is 58.2 Å². The Morgan fingerprint density at radius 3 is 2.73 bits per heavy atom. The maximum atomic E-state index is 13.0. The molecule has 0 amide bonds. The molecule has 0 atom stereocenters. The molecule has 0 unspecified atom stereocenters. The van der Waals surface area contributed by atoms with Crippen LogP contribution in [-0.2, 0) is 13.0 Å². The van der Waals surface area contributed by atoms with E-state index in [0.717, 1.165) is 81.9 Å². The minimum Gasteiger partial charge on any atom is -0.362 e. The lowest BCUT2D eigenvalue weighted by Crippen LogP contribution is -2.33. The number of hydrogen-bond donors (Lipinski definition) is 2. The normalized spacial score (nSPS) is 13.8. The highest BCUT2D eigenvalue weighted by atomic mass is 32.1. The smallest absolute Gasteiger partial charge is 0.261 e. The Morgan fingerprint density at radius 1 is 1.17 bits per heavy atom. The number of hydrogen-bond acceptors (Lipinski definition) is 4. The van der Waals surface area contributed by atoms with Gasteiger partial charge >= 0.3 is 0 Å². The van der Waals surface area contributed by atoms with Crippen molar-refractivity contribution < 1.29 is 0 Å². The third kappa shape index (κ3) is 6.01. The van der Waals surface area contributed by atoms with Gasteiger partial charge in [-0.15, -0.1) is 0 Å². The molecule has 1 aliphatic heterocycles. The molecule has 0 aliphatic carbocycles. The summed E-state index contributed by atoms with van der Waals surface area (Å²) in [6.07, 6.45) is 7.61. The molecule has 6 nitrogen and oxygen atoms in total. The van der Waals surface area contributed by atoms with E-state index in [9.17, 15) is 4.79 Å². The molecule has 30 heavy (non-hydrogen) atoms. The molecule has 3 rings (SSSR count). The third-order valence-corrected chi connectivity index (χ3v) is 5.84. The van der Waals surface area contributed by atoms with Crippen molar-refractivity contribution in [1.82, 2.24) is 19.8 Å². The number of anilines is 1. The van der Waals surface area contributed by atoms with Gasteiger partial charge in [0.25, 0.3) is 5.56 Å². The van der Waals surface area contributed by atoms with Crippen LogP contribution in [0.15, 0.2) is 23.0 Å². The summed E-state index contributed by atoms with van der Waals surface area (Å²) in [7, 11) is 0. The van der Waals surface area contributed by atoms with Crippen LogP contribution in [0.25, 0.3) is 10.9 Å². The SMILES string of the molecule is CCCN(CCC)CCCNC(=S)Nc1ccc2nc3n(c(=O)c2c1)CCCCC3. The summed E-state index contributed by atoms with van der Waals surface area (Å²) in [5.74, 6) is 0.920. The first kappa shape index (κ1) is 22.7. The zero-order valence-corrected chi connectivity index (χ0v) is 19.2. The van der Waals surface area contributed by atoms with E-state index in [0.29, 0.717) is 10.5 Å². The predicted molar refractivity (Wildman–Crippen MR) is 129 cm³/mol. The van der Waals surface area contributed by atoms with Gasteiger partial charge in [-0.2, -0.15) is 0 Å². The van der Waals surface area contributed by atoms with Crippen molar-refractivity contribution in [2.75, 3.05) is 31.5 Å². The first-order valence-corrected chi connectivity index (χ1v) is 11.8. The minimum absolute atomic E-state index is 0.0615. The highest BCUT2D eigenvalue weighted by Gasteiger charge is 2.14. The van der Waals surface area contributed by atoms with E-state index in [4.69, 9.17) is 17.2 Å². The molecule has 0 fully saturated rings. The molecule has 1 aliphatic rings. The van der Waals surface area contributed by atoms with Crippen molar-refractivity contribution in [3.63, 3.8) is 0 Å². The topological polar surface area (TPSA) is 62.2 Å². The maximum absolute atomic E-state index is 13.0. The van der Waals surface area contributed by atoms with Crippen molar-refractivity contribution in [2.45, 2.75) is 65.3 Å². The zero-order valence-electron chi connectivity index (χ0n) is 18.4. The molecule has 0 bridgehead atoms. The summed E-state index contributed by atoms with van der Waals surface area (Å²) in [6, 6.07) is 5.74. The van der Waals surface area contributed by atoms with E-state index in [1.807, 2.05) is 22.8 Å². The highest BCUT2D eigenvalue weighted by Crippen LogP contribution is 2.18. The molecule has 7 heteroatoms. The Morgan fingerprint density at radius 2 is 1.97 bits per heavy atom. The first-order valence-electron chi connectivity index (χ1n) is 11.4. The number of aromatic nitrogens is 2. The van der Waals surface area contributed by atoms with Crippen molar-refractivity contribution in [3.8, 4) is 0 Å². The number of nitrogens with one attached hydrogen (secondary N) is 2. The van der Waals surface area contributed by atoms with Crippen LogP contribution in [0, 0.1) is 0 Å². The van der Waals surface area contributed by atoms with Crippen LogP contribution in [0.3, 0.4) is 0 Å². The Kier molecular flexibility index (Phi) is 8.63. The van der Waals surface area contributed by atoms with Crippen molar-refractivity contribution >= 4 is 33.9 Å². The number of nitrogens with zero attached hydrogens (tertiary/aromatic N) is 3. The third-order valence-electron chi connectivity index (χ3n) is 5.59. The molecule has 0 spiro atoms. The summed E-state index contributed by atoms with van der Waals surface area (Å²) in [5, 5.41) is 7.76. The Bertz CT molecular complexity index is 904. The lowest BCUT2D eigenvalue weighted by molar-refractivity contribution is 0.272. The van der Waals surface area contributed by atoms with Gasteiger partial charge in [-0.1, -0.05) is 20.3 Å². The van der Waals surface area contributed by atoms with Crippen molar-refractivity contribution in [3.05, 3.63) is 34.4 Å². The molecule has 0 radical (unpaired) electrons. The van der Waals surface area contributed by atoms with Crippen LogP contribution in [0.5, 0.6) is 0 Å². The molecule has 2 aromatic rings. The van der Waals surface area contributed by atoms with Crippen LogP contribution in [0.2, 0.25) is 0 Å². The Labute approximate surface area is 185 Å². The number of fused-ring (bicyclic) bond motifs is 2. The fourth-order valence-electron chi connectivity index (χ4n) is 4.14. The van der Waals surface area contributed by atoms with Gasteiger partial charge in [0.1, 0.15) is 5.82 Å². The van der Waals surface area contributed by atoms with E-state index in [-0.39, 0.29) is 5.56 Å². The van der Waals surface area contributed by atoms with E-state index in [1.54, 1.807) is 0 Å².